The first kappa shape index (κ1) is 18.5. The molecule has 0 aromatic heterocycles. The zero-order valence-electron chi connectivity index (χ0n) is 11.5. The van der Waals surface area contributed by atoms with Gasteiger partial charge in [-0.3, -0.25) is 0 Å². The van der Waals surface area contributed by atoms with Crippen LogP contribution < -0.4 is 21.3 Å². The van der Waals surface area contributed by atoms with Crippen LogP contribution in [0.25, 0.3) is 0 Å². The van der Waals surface area contributed by atoms with Gasteiger partial charge < -0.3 is 31.5 Å². The van der Waals surface area contributed by atoms with Crippen molar-refractivity contribution in [2.45, 2.75) is 0 Å². The number of carboxylic acid groups (broad SMARTS) is 2. The minimum absolute atomic E-state index is 0.558. The highest BCUT2D eigenvalue weighted by atomic mass is 16.4. The maximum Gasteiger partial charge on any atom is 0.328 e. The van der Waals surface area contributed by atoms with E-state index in [1.165, 1.54) is 0 Å². The van der Waals surface area contributed by atoms with Crippen LogP contribution in [0.4, 0.5) is 0 Å². The van der Waals surface area contributed by atoms with Gasteiger partial charge >= 0.3 is 11.9 Å². The van der Waals surface area contributed by atoms with Crippen LogP contribution in [0.15, 0.2) is 12.2 Å². The van der Waals surface area contributed by atoms with Gasteiger partial charge in [-0.2, -0.15) is 0 Å². The molecule has 2 aliphatic heterocycles. The van der Waals surface area contributed by atoms with Gasteiger partial charge in [0.15, 0.2) is 0 Å². The molecular formula is C12H24N4O4. The van der Waals surface area contributed by atoms with Crippen LogP contribution in [-0.4, -0.2) is 74.5 Å². The fraction of sp³-hybridized carbons (Fsp3) is 0.667. The third-order valence-corrected chi connectivity index (χ3v) is 2.28. The molecule has 2 rings (SSSR count). The number of aliphatic carboxylic acids is 2. The molecule has 0 aliphatic carbocycles. The normalized spacial score (nSPS) is 18.2. The summed E-state index contributed by atoms with van der Waals surface area (Å²) in [6.45, 7) is 9.11. The van der Waals surface area contributed by atoms with Gasteiger partial charge in [-0.1, -0.05) is 0 Å². The highest BCUT2D eigenvalue weighted by Gasteiger charge is 1.92. The van der Waals surface area contributed by atoms with E-state index < -0.39 is 11.9 Å². The number of hydrogen-bond acceptors (Lipinski definition) is 6. The van der Waals surface area contributed by atoms with Crippen LogP contribution >= 0.6 is 0 Å². The van der Waals surface area contributed by atoms with Gasteiger partial charge in [0.05, 0.1) is 0 Å². The molecule has 0 bridgehead atoms. The predicted octanol–water partition coefficient (Wildman–Crippen LogP) is -1.93. The van der Waals surface area contributed by atoms with E-state index >= 15 is 0 Å². The Bertz CT molecular complexity index is 238. The summed E-state index contributed by atoms with van der Waals surface area (Å²) in [5, 5.41) is 28.5. The maximum atomic E-state index is 9.55. The van der Waals surface area contributed by atoms with Crippen molar-refractivity contribution in [1.82, 2.24) is 21.3 Å². The molecule has 0 spiro atoms. The summed E-state index contributed by atoms with van der Waals surface area (Å²) < 4.78 is 0. The highest BCUT2D eigenvalue weighted by molar-refractivity contribution is 5.89. The average Bonchev–Trinajstić information content (AvgIpc) is 2.50. The summed E-state index contributed by atoms with van der Waals surface area (Å²) in [5.74, 6) is -2.51. The Labute approximate surface area is 118 Å². The second-order valence-corrected chi connectivity index (χ2v) is 4.01. The largest absolute Gasteiger partial charge is 0.478 e. The van der Waals surface area contributed by atoms with Crippen LogP contribution in [-0.2, 0) is 9.59 Å². The van der Waals surface area contributed by atoms with Crippen LogP contribution in [0.2, 0.25) is 0 Å². The third-order valence-electron chi connectivity index (χ3n) is 2.28. The Morgan fingerprint density at radius 1 is 0.600 bits per heavy atom. The van der Waals surface area contributed by atoms with Crippen molar-refractivity contribution in [2.75, 3.05) is 52.4 Å². The molecule has 0 amide bonds. The molecular weight excluding hydrogens is 264 g/mol. The Morgan fingerprint density at radius 2 is 0.800 bits per heavy atom. The monoisotopic (exact) mass is 288 g/mol. The number of piperazine rings is 2. The number of carbonyl (C=O) groups is 2. The molecule has 0 aromatic rings. The molecule has 0 aromatic carbocycles. The Hall–Kier alpha value is -1.48. The van der Waals surface area contributed by atoms with Gasteiger partial charge in [-0.15, -0.1) is 0 Å². The first-order valence-electron chi connectivity index (χ1n) is 6.59. The molecule has 2 aliphatic rings. The van der Waals surface area contributed by atoms with E-state index in [2.05, 4.69) is 21.3 Å². The second kappa shape index (κ2) is 13.9. The minimum atomic E-state index is -1.26. The molecule has 20 heavy (non-hydrogen) atoms. The van der Waals surface area contributed by atoms with E-state index in [4.69, 9.17) is 10.2 Å². The third kappa shape index (κ3) is 16.5. The van der Waals surface area contributed by atoms with Gasteiger partial charge in [0.2, 0.25) is 0 Å². The Balaban J connectivity index is 0.000000274. The lowest BCUT2D eigenvalue weighted by molar-refractivity contribution is -0.134. The SMILES string of the molecule is C1CNCCN1.C1CNCCN1.O=C(O)/C=C\C(=O)O. The molecule has 0 radical (unpaired) electrons. The molecule has 0 atom stereocenters. The van der Waals surface area contributed by atoms with Gasteiger partial charge in [-0.25, -0.2) is 9.59 Å². The summed E-state index contributed by atoms with van der Waals surface area (Å²) >= 11 is 0. The van der Waals surface area contributed by atoms with E-state index in [9.17, 15) is 9.59 Å². The van der Waals surface area contributed by atoms with Crippen LogP contribution in [0.1, 0.15) is 0 Å². The van der Waals surface area contributed by atoms with Gasteiger partial charge in [-0.05, 0) is 0 Å². The first-order valence-corrected chi connectivity index (χ1v) is 6.59. The number of hydrogen-bond donors (Lipinski definition) is 6. The van der Waals surface area contributed by atoms with Crippen molar-refractivity contribution in [3.8, 4) is 0 Å². The first-order chi connectivity index (χ1) is 9.63. The minimum Gasteiger partial charge on any atom is -0.478 e. The van der Waals surface area contributed by atoms with E-state index in [1.807, 2.05) is 0 Å². The van der Waals surface area contributed by atoms with E-state index in [-0.39, 0.29) is 0 Å². The lowest BCUT2D eigenvalue weighted by atomic mass is 10.4. The van der Waals surface area contributed by atoms with Crippen molar-refractivity contribution in [3.05, 3.63) is 12.2 Å². The van der Waals surface area contributed by atoms with Crippen LogP contribution in [0, 0.1) is 0 Å². The Kier molecular flexibility index (Phi) is 12.9. The van der Waals surface area contributed by atoms with E-state index in [0.29, 0.717) is 12.2 Å². The molecule has 8 heteroatoms. The lowest BCUT2D eigenvalue weighted by Gasteiger charge is -2.11. The lowest BCUT2D eigenvalue weighted by Crippen LogP contribution is -2.39. The zero-order chi connectivity index (χ0) is 15.1. The van der Waals surface area contributed by atoms with Gasteiger partial charge in [0, 0.05) is 64.5 Å². The molecule has 6 N–H and O–H groups in total. The highest BCUT2D eigenvalue weighted by Crippen LogP contribution is 1.70. The van der Waals surface area contributed by atoms with Gasteiger partial charge in [0.25, 0.3) is 0 Å². The number of carboxylic acids is 2. The number of nitrogens with one attached hydrogen (secondary N) is 4. The molecule has 2 saturated heterocycles. The Morgan fingerprint density at radius 3 is 0.900 bits per heavy atom. The van der Waals surface area contributed by atoms with E-state index in [1.54, 1.807) is 0 Å². The fourth-order valence-corrected chi connectivity index (χ4v) is 1.35. The van der Waals surface area contributed by atoms with Gasteiger partial charge in [0.1, 0.15) is 0 Å². The smallest absolute Gasteiger partial charge is 0.328 e. The molecule has 116 valence electrons. The second-order valence-electron chi connectivity index (χ2n) is 4.01. The predicted molar refractivity (Wildman–Crippen MR) is 75.9 cm³/mol. The van der Waals surface area contributed by atoms with Crippen molar-refractivity contribution in [3.63, 3.8) is 0 Å². The molecule has 0 saturated carbocycles. The quantitative estimate of drug-likeness (QED) is 0.325. The summed E-state index contributed by atoms with van der Waals surface area (Å²) in [5.41, 5.74) is 0. The zero-order valence-corrected chi connectivity index (χ0v) is 11.5. The summed E-state index contributed by atoms with van der Waals surface area (Å²) in [6.07, 6.45) is 1.12. The summed E-state index contributed by atoms with van der Waals surface area (Å²) in [6, 6.07) is 0. The van der Waals surface area contributed by atoms with Crippen LogP contribution in [0.3, 0.4) is 0 Å². The standard InChI is InChI=1S/2C4H10N2.C4H4O4/c2*1-2-6-4-3-5-1;5-3(6)1-2-4(7)8/h2*5-6H,1-4H2;1-2H,(H,5,6)(H,7,8)/b;;2-1-. The van der Waals surface area contributed by atoms with Crippen molar-refractivity contribution in [1.29, 1.82) is 0 Å². The summed E-state index contributed by atoms with van der Waals surface area (Å²) in [4.78, 5) is 19.1. The van der Waals surface area contributed by atoms with Crippen molar-refractivity contribution >= 4 is 11.9 Å². The number of rotatable bonds is 2. The maximum absolute atomic E-state index is 9.55. The average molecular weight is 288 g/mol. The molecule has 0 unspecified atom stereocenters. The van der Waals surface area contributed by atoms with Crippen LogP contribution in [0.5, 0.6) is 0 Å². The fourth-order valence-electron chi connectivity index (χ4n) is 1.35. The molecule has 2 fully saturated rings. The van der Waals surface area contributed by atoms with E-state index in [0.717, 1.165) is 52.4 Å². The summed E-state index contributed by atoms with van der Waals surface area (Å²) in [7, 11) is 0. The topological polar surface area (TPSA) is 123 Å². The van der Waals surface area contributed by atoms with Crippen molar-refractivity contribution in [2.24, 2.45) is 0 Å². The van der Waals surface area contributed by atoms with Crippen molar-refractivity contribution < 1.29 is 19.8 Å². The molecule has 2 heterocycles. The molecule has 8 nitrogen and oxygen atoms in total.